The lowest BCUT2D eigenvalue weighted by Crippen LogP contribution is -2.08. The minimum atomic E-state index is -0.143. The van der Waals surface area contributed by atoms with Crippen LogP contribution in [0.4, 0.5) is 0 Å². The third-order valence-electron chi connectivity index (χ3n) is 30.0. The molecule has 14 aliphatic rings. The second-order valence-corrected chi connectivity index (χ2v) is 37.4. The maximum Gasteiger partial charge on any atom is 0.198 e. The van der Waals surface area contributed by atoms with Crippen LogP contribution in [0.3, 0.4) is 0 Å². The predicted octanol–water partition coefficient (Wildman–Crippen LogP) is 22.0. The molecule has 0 radical (unpaired) electrons. The van der Waals surface area contributed by atoms with Crippen LogP contribution < -0.4 is 76.0 Å². The Morgan fingerprint density at radius 3 is 0.555 bits per heavy atom. The highest BCUT2D eigenvalue weighted by molar-refractivity contribution is 6.15. The smallest absolute Gasteiger partial charge is 0.198 e. The minimum absolute atomic E-state index is 0.0277. The maximum atomic E-state index is 13.0. The lowest BCUT2D eigenvalue weighted by Gasteiger charge is -2.00. The van der Waals surface area contributed by atoms with Gasteiger partial charge in [0.2, 0.25) is 0 Å². The summed E-state index contributed by atoms with van der Waals surface area (Å²) in [6, 6.07) is 126. The number of hydrogen-bond donors (Lipinski definition) is 0. The van der Waals surface area contributed by atoms with Crippen molar-refractivity contribution < 1.29 is 0 Å². The molecule has 19 aromatic rings. The molecule has 0 unspecified atom stereocenters. The lowest BCUT2D eigenvalue weighted by molar-refractivity contribution is 1.56. The summed E-state index contributed by atoms with van der Waals surface area (Å²) >= 11 is 0. The molecule has 146 heavy (non-hydrogen) atoms. The largest absolute Gasteiger partial charge is 0.289 e. The molecule has 0 aromatic heterocycles. The average Bonchev–Trinajstić information content (AvgIpc) is 1.55. The zero-order valence-corrected chi connectivity index (χ0v) is 76.8. The van der Waals surface area contributed by atoms with Gasteiger partial charge in [-0.1, -0.05) is 370 Å². The molecule has 14 nitrogen and oxygen atoms in total. The van der Waals surface area contributed by atoms with E-state index in [-0.39, 0.29) is 76.0 Å². The first-order valence-corrected chi connectivity index (χ1v) is 47.7. The third kappa shape index (κ3) is 12.2. The van der Waals surface area contributed by atoms with E-state index in [4.69, 9.17) is 0 Å². The Hall–Kier alpha value is -20.0. The van der Waals surface area contributed by atoms with Crippen LogP contribution in [0.2, 0.25) is 0 Å². The van der Waals surface area contributed by atoms with E-state index >= 15 is 0 Å². The fraction of sp³-hybridized carbons (Fsp3) is 0. The van der Waals surface area contributed by atoms with Crippen molar-refractivity contribution in [3.63, 3.8) is 0 Å². The molecule has 33 rings (SSSR count). The number of hydrogen-bond acceptors (Lipinski definition) is 14. The SMILES string of the molecule is O=c1c2c(=O)c3c(ccc4ccccc43)c=2c2ccccc12.O=c1c2c(=O)c3cc4ccccc4cc3c=2c2ccccc12.O=c1c2c(=O)c3ccc4ccccc4c3c=2c2ccccc12.O=c1c2c(=O)c3ccccc3c=2c2ccccc12.O=c1c2c3ccc4ccccc4c3c(=O)c=2c2ccccc12.O=c1c2c3ccccc3c(=O)c=2c2cc3ccccc3cc12.O=c1c2c3ccccc3c(=O)c=2c2ccccc12. The highest BCUT2D eigenvalue weighted by Gasteiger charge is 2.26. The van der Waals surface area contributed by atoms with Crippen molar-refractivity contribution in [2.75, 3.05) is 0 Å². The van der Waals surface area contributed by atoms with E-state index in [1.165, 1.54) is 0 Å². The molecule has 19 aromatic carbocycles. The van der Waals surface area contributed by atoms with Crippen LogP contribution >= 0.6 is 0 Å². The van der Waals surface area contributed by atoms with E-state index in [2.05, 4.69) is 0 Å². The Labute approximate surface area is 815 Å². The quantitative estimate of drug-likeness (QED) is 0.137. The second-order valence-electron chi connectivity index (χ2n) is 37.4. The summed E-state index contributed by atoms with van der Waals surface area (Å²) in [7, 11) is 0. The fourth-order valence-corrected chi connectivity index (χ4v) is 23.6. The average molecular weight is 1880 g/mol. The molecular formula is C132H66O14. The van der Waals surface area contributed by atoms with Crippen molar-refractivity contribution >= 4 is 205 Å². The molecule has 678 valence electrons. The van der Waals surface area contributed by atoms with Crippen molar-refractivity contribution in [3.8, 4) is 0 Å². The molecule has 0 aliphatic heterocycles. The molecule has 14 heteroatoms. The highest BCUT2D eigenvalue weighted by Crippen LogP contribution is 2.36. The lowest BCUT2D eigenvalue weighted by atomic mass is 10.0. The third-order valence-corrected chi connectivity index (χ3v) is 30.0. The monoisotopic (exact) mass is 1870 g/mol. The topological polar surface area (TPSA) is 239 Å². The van der Waals surface area contributed by atoms with Crippen LogP contribution in [-0.4, -0.2) is 0 Å². The molecule has 0 heterocycles. The van der Waals surface area contributed by atoms with Gasteiger partial charge in [0.25, 0.3) is 0 Å². The fourth-order valence-electron chi connectivity index (χ4n) is 23.6. The van der Waals surface area contributed by atoms with E-state index in [1.807, 2.05) is 346 Å². The first-order valence-electron chi connectivity index (χ1n) is 47.7. The van der Waals surface area contributed by atoms with Gasteiger partial charge < -0.3 is 0 Å². The van der Waals surface area contributed by atoms with Gasteiger partial charge in [-0.2, -0.15) is 0 Å². The van der Waals surface area contributed by atoms with E-state index < -0.39 is 0 Å². The van der Waals surface area contributed by atoms with Crippen molar-refractivity contribution in [1.29, 1.82) is 0 Å². The van der Waals surface area contributed by atoms with Crippen LogP contribution in [0, 0.1) is 73.1 Å². The van der Waals surface area contributed by atoms with Crippen molar-refractivity contribution in [3.05, 3.63) is 617 Å². The molecular weight excluding hydrogens is 1810 g/mol. The minimum Gasteiger partial charge on any atom is -0.289 e. The first-order chi connectivity index (χ1) is 71.4. The second kappa shape index (κ2) is 32.3. The zero-order valence-electron chi connectivity index (χ0n) is 76.8. The summed E-state index contributed by atoms with van der Waals surface area (Å²) in [6.07, 6.45) is 0. The Morgan fingerprint density at radius 2 is 0.240 bits per heavy atom. The van der Waals surface area contributed by atoms with Gasteiger partial charge in [0.15, 0.2) is 76.0 Å². The molecule has 0 atom stereocenters. The summed E-state index contributed by atoms with van der Waals surface area (Å²) in [4.78, 5) is 177. The Kier molecular flexibility index (Phi) is 18.9. The summed E-state index contributed by atoms with van der Waals surface area (Å²) < 4.78 is 0. The van der Waals surface area contributed by atoms with Crippen molar-refractivity contribution in [2.24, 2.45) is 0 Å². The molecule has 14 aliphatic carbocycles. The summed E-state index contributed by atoms with van der Waals surface area (Å²) in [5.41, 5.74) is -1.31. The molecule has 0 N–H and O–H groups in total. The van der Waals surface area contributed by atoms with E-state index in [1.54, 1.807) is 54.6 Å². The molecule has 0 spiro atoms. The Morgan fingerprint density at radius 1 is 0.0822 bits per heavy atom. The van der Waals surface area contributed by atoms with Crippen LogP contribution in [0.25, 0.3) is 205 Å². The van der Waals surface area contributed by atoms with Crippen LogP contribution in [0.15, 0.2) is 468 Å². The molecule has 0 saturated carbocycles. The maximum absolute atomic E-state index is 13.0. The van der Waals surface area contributed by atoms with Crippen LogP contribution in [0.5, 0.6) is 0 Å². The predicted molar refractivity (Wildman–Crippen MR) is 589 cm³/mol. The van der Waals surface area contributed by atoms with Crippen LogP contribution in [0.1, 0.15) is 0 Å². The Bertz CT molecular complexity index is 12500. The molecule has 0 fully saturated rings. The molecule has 0 saturated heterocycles. The van der Waals surface area contributed by atoms with Gasteiger partial charge in [-0.25, -0.2) is 0 Å². The van der Waals surface area contributed by atoms with Crippen LogP contribution in [-0.2, 0) is 0 Å². The summed E-state index contributed by atoms with van der Waals surface area (Å²) in [5.74, 6) is 0. The molecule has 0 amide bonds. The van der Waals surface area contributed by atoms with Gasteiger partial charge in [0, 0.05) is 133 Å². The van der Waals surface area contributed by atoms with Gasteiger partial charge in [-0.3, -0.25) is 67.1 Å². The van der Waals surface area contributed by atoms with Gasteiger partial charge >= 0.3 is 0 Å². The first kappa shape index (κ1) is 85.2. The van der Waals surface area contributed by atoms with E-state index in [0.717, 1.165) is 150 Å². The van der Waals surface area contributed by atoms with Crippen molar-refractivity contribution in [2.45, 2.75) is 0 Å². The van der Waals surface area contributed by atoms with E-state index in [9.17, 15) is 67.1 Å². The normalized spacial score (nSPS) is 11.9. The molecule has 0 bridgehead atoms. The number of benzene rings is 19. The van der Waals surface area contributed by atoms with Crippen molar-refractivity contribution in [1.82, 2.24) is 0 Å². The summed E-state index contributed by atoms with van der Waals surface area (Å²) in [6.45, 7) is 0. The van der Waals surface area contributed by atoms with Gasteiger partial charge in [-0.05, 0) is 154 Å². The highest BCUT2D eigenvalue weighted by atomic mass is 16.2. The summed E-state index contributed by atoms with van der Waals surface area (Å²) in [5, 5.41) is 39.1. The number of fused-ring (bicyclic) bond motifs is 36. The van der Waals surface area contributed by atoms with E-state index in [0.29, 0.717) is 128 Å². The van der Waals surface area contributed by atoms with Gasteiger partial charge in [-0.15, -0.1) is 0 Å². The Balaban J connectivity index is 0.0000000846. The standard InChI is InChI=1S/5C20H10O2.2C16H8O2/c21-19-14-8-4-3-7-13(14)17-18(19)15-9-11-5-1-2-6-12(11)10-16(15)20(17)22;21-19-14-8-4-3-7-13(14)17-15-9-11-5-1-2-6-12(11)10-16(15)20(22)18(17)19;21-19-14-8-4-3-7-13(14)16-15-10-9-11-5-1-2-6-12(11)17(15)20(22)18(16)19;21-19-14-8-4-3-7-13(14)17-18(19)15-10-9-11-5-1-2-6-12(11)16(15)20(17)22;21-19-14-8-4-3-7-13(14)17-16-12-6-2-1-5-11(12)9-10-15(16)20(22)18(17)19;17-15-11-7-3-1-5-9(11)13-14(15)10-6-2-4-8-12(10)16(13)18;17-15-11-7-3-1-5-9(11)13-10-6-2-4-8-12(10)16(18)14(13)15/h5*1-10H;2*1-8H. The zero-order chi connectivity index (χ0) is 98.8. The van der Waals surface area contributed by atoms with Gasteiger partial charge in [0.1, 0.15) is 0 Å². The van der Waals surface area contributed by atoms with Gasteiger partial charge in [0.05, 0.1) is 20.9 Å². The number of rotatable bonds is 0.